The second kappa shape index (κ2) is 16.6. The highest BCUT2D eigenvalue weighted by molar-refractivity contribution is 5.96. The zero-order valence-corrected chi connectivity index (χ0v) is 30.5. The first kappa shape index (κ1) is 37.0. The molecule has 1 unspecified atom stereocenters. The number of aromatic nitrogens is 2. The number of hydrogen-bond acceptors (Lipinski definition) is 8. The summed E-state index contributed by atoms with van der Waals surface area (Å²) in [6, 6.07) is 22.5. The Morgan fingerprint density at radius 1 is 0.840 bits per heavy atom. The van der Waals surface area contributed by atoms with E-state index in [2.05, 4.69) is 62.9 Å². The lowest BCUT2D eigenvalue weighted by atomic mass is 9.76. The molecule has 0 spiro atoms. The van der Waals surface area contributed by atoms with E-state index in [1.165, 1.54) is 5.56 Å². The van der Waals surface area contributed by atoms with Crippen molar-refractivity contribution in [2.24, 2.45) is 0 Å². The van der Waals surface area contributed by atoms with Crippen LogP contribution in [0.25, 0.3) is 11.0 Å². The van der Waals surface area contributed by atoms with E-state index < -0.39 is 0 Å². The number of hydrogen-bond donors (Lipinski definition) is 0. The summed E-state index contributed by atoms with van der Waals surface area (Å²) < 4.78 is 18.9. The number of nitrogens with zero attached hydrogens (tertiary/aromatic N) is 5. The Balaban J connectivity index is 0.00000486. The highest BCUT2D eigenvalue weighted by atomic mass is 35.5. The Bertz CT molecular complexity index is 1740. The van der Waals surface area contributed by atoms with Crippen LogP contribution in [0.3, 0.4) is 0 Å². The van der Waals surface area contributed by atoms with Crippen LogP contribution >= 0.6 is 12.4 Å². The van der Waals surface area contributed by atoms with E-state index in [0.717, 1.165) is 81.9 Å². The quantitative estimate of drug-likeness (QED) is 0.162. The first-order valence-electron chi connectivity index (χ1n) is 17.4. The fourth-order valence-electron chi connectivity index (χ4n) is 7.59. The standard InChI is InChI=1S/C39H49N5O5.ClH/c1-29(45)12-10-21-44-33-16-9-8-15-32(33)40-38(44)42-20-11-19-41(24-25-42)22-17-39(31-13-6-5-7-14-31)18-23-43(28-39)37(46)30-26-34(47-2)36(49-4)35(27-30)48-3;/h5-9,13-16,26-27H,10-12,17-25,28H2,1-4H3;1H. The molecule has 3 heterocycles. The van der Waals surface area contributed by atoms with E-state index in [1.54, 1.807) is 40.4 Å². The van der Waals surface area contributed by atoms with Crippen LogP contribution in [0, 0.1) is 0 Å². The molecule has 50 heavy (non-hydrogen) atoms. The molecular weight excluding hydrogens is 654 g/mol. The summed E-state index contributed by atoms with van der Waals surface area (Å²) in [5.74, 6) is 2.61. The van der Waals surface area contributed by atoms with Crippen molar-refractivity contribution >= 4 is 41.1 Å². The predicted molar refractivity (Wildman–Crippen MR) is 200 cm³/mol. The normalized spacial score (nSPS) is 18.1. The van der Waals surface area contributed by atoms with E-state index in [4.69, 9.17) is 19.2 Å². The van der Waals surface area contributed by atoms with Crippen LogP contribution in [0.4, 0.5) is 5.95 Å². The Labute approximate surface area is 301 Å². The van der Waals surface area contributed by atoms with Gasteiger partial charge in [-0.15, -0.1) is 12.4 Å². The lowest BCUT2D eigenvalue weighted by Crippen LogP contribution is -2.39. The van der Waals surface area contributed by atoms with Gasteiger partial charge in [0.2, 0.25) is 11.7 Å². The van der Waals surface area contributed by atoms with Crippen LogP contribution in [0.1, 0.15) is 54.9 Å². The average molecular weight is 704 g/mol. The third-order valence-corrected chi connectivity index (χ3v) is 10.3. The minimum atomic E-state index is -0.145. The van der Waals surface area contributed by atoms with Gasteiger partial charge in [-0.05, 0) is 75.5 Å². The van der Waals surface area contributed by atoms with Crippen LogP contribution in [0.2, 0.25) is 0 Å². The molecule has 0 N–H and O–H groups in total. The smallest absolute Gasteiger partial charge is 0.254 e. The zero-order chi connectivity index (χ0) is 34.4. The molecule has 0 bridgehead atoms. The predicted octanol–water partition coefficient (Wildman–Crippen LogP) is 6.24. The SMILES string of the molecule is COc1cc(C(=O)N2CCC(CCN3CCCN(c4nc5ccccc5n4CCCC(C)=O)CC3)(c3ccccc3)C2)cc(OC)c1OC.Cl. The number of carbonyl (C=O) groups is 2. The molecule has 6 rings (SSSR count). The second-order valence-corrected chi connectivity index (χ2v) is 13.3. The lowest BCUT2D eigenvalue weighted by Gasteiger charge is -2.33. The summed E-state index contributed by atoms with van der Waals surface area (Å²) in [6.07, 6.45) is 4.29. The molecule has 1 aromatic heterocycles. The molecule has 2 aliphatic heterocycles. The van der Waals surface area contributed by atoms with Gasteiger partial charge in [-0.3, -0.25) is 4.79 Å². The topological polar surface area (TPSA) is 89.4 Å². The van der Waals surface area contributed by atoms with Crippen molar-refractivity contribution in [2.75, 3.05) is 72.0 Å². The number of imidazole rings is 1. The maximum Gasteiger partial charge on any atom is 0.254 e. The zero-order valence-electron chi connectivity index (χ0n) is 29.7. The van der Waals surface area contributed by atoms with Crippen molar-refractivity contribution in [3.8, 4) is 17.2 Å². The summed E-state index contributed by atoms with van der Waals surface area (Å²) in [6.45, 7) is 8.50. The molecule has 2 fully saturated rings. The molecule has 0 saturated carbocycles. The van der Waals surface area contributed by atoms with Crippen molar-refractivity contribution in [1.29, 1.82) is 0 Å². The third-order valence-electron chi connectivity index (χ3n) is 10.3. The van der Waals surface area contributed by atoms with E-state index >= 15 is 0 Å². The summed E-state index contributed by atoms with van der Waals surface area (Å²) in [4.78, 5) is 37.7. The first-order valence-corrected chi connectivity index (χ1v) is 17.4. The van der Waals surface area contributed by atoms with Gasteiger partial charge < -0.3 is 38.3 Å². The van der Waals surface area contributed by atoms with E-state index in [0.29, 0.717) is 42.3 Å². The number of aryl methyl sites for hydroxylation is 1. The maximum atomic E-state index is 13.9. The molecule has 2 saturated heterocycles. The summed E-state index contributed by atoms with van der Waals surface area (Å²) in [5.41, 5.74) is 3.79. The number of Topliss-reactive ketones (excluding diaryl/α,β-unsaturated/α-hetero) is 1. The minimum Gasteiger partial charge on any atom is -0.493 e. The van der Waals surface area contributed by atoms with E-state index in [1.807, 2.05) is 11.0 Å². The summed E-state index contributed by atoms with van der Waals surface area (Å²) in [7, 11) is 4.70. The molecule has 11 heteroatoms. The molecule has 1 amide bonds. The molecule has 10 nitrogen and oxygen atoms in total. The molecule has 0 aliphatic carbocycles. The lowest BCUT2D eigenvalue weighted by molar-refractivity contribution is -0.117. The minimum absolute atomic E-state index is 0. The van der Waals surface area contributed by atoms with E-state index in [-0.39, 0.29) is 29.5 Å². The third kappa shape index (κ3) is 7.87. The number of benzene rings is 3. The summed E-state index contributed by atoms with van der Waals surface area (Å²) >= 11 is 0. The van der Waals surface area contributed by atoms with Crippen molar-refractivity contribution < 1.29 is 23.8 Å². The Kier molecular flexibility index (Phi) is 12.3. The molecule has 268 valence electrons. The van der Waals surface area contributed by atoms with E-state index in [9.17, 15) is 9.59 Å². The van der Waals surface area contributed by atoms with Crippen LogP contribution in [-0.2, 0) is 16.8 Å². The van der Waals surface area contributed by atoms with Crippen molar-refractivity contribution in [3.05, 3.63) is 77.9 Å². The van der Waals surface area contributed by atoms with Crippen LogP contribution in [-0.4, -0.2) is 98.2 Å². The van der Waals surface area contributed by atoms with Gasteiger partial charge in [0.05, 0.1) is 32.4 Å². The number of ether oxygens (including phenoxy) is 3. The van der Waals surface area contributed by atoms with Crippen LogP contribution in [0.15, 0.2) is 66.7 Å². The average Bonchev–Trinajstić information content (AvgIpc) is 3.65. The van der Waals surface area contributed by atoms with Crippen LogP contribution < -0.4 is 19.1 Å². The number of ketones is 1. The van der Waals surface area contributed by atoms with Gasteiger partial charge in [-0.25, -0.2) is 4.98 Å². The van der Waals surface area contributed by atoms with Crippen molar-refractivity contribution in [1.82, 2.24) is 19.4 Å². The number of methoxy groups -OCH3 is 3. The summed E-state index contributed by atoms with van der Waals surface area (Å²) in [5, 5.41) is 0. The van der Waals surface area contributed by atoms with Crippen molar-refractivity contribution in [2.45, 2.75) is 51.0 Å². The Morgan fingerprint density at radius 3 is 2.26 bits per heavy atom. The molecule has 3 aromatic carbocycles. The van der Waals surface area contributed by atoms with Gasteiger partial charge in [0.1, 0.15) is 5.78 Å². The number of para-hydroxylation sites is 2. The second-order valence-electron chi connectivity index (χ2n) is 13.3. The molecule has 2 aliphatic rings. The van der Waals surface area contributed by atoms with Gasteiger partial charge in [-0.1, -0.05) is 42.5 Å². The number of carbonyl (C=O) groups excluding carboxylic acids is 2. The van der Waals surface area contributed by atoms with Gasteiger partial charge in [-0.2, -0.15) is 0 Å². The van der Waals surface area contributed by atoms with Gasteiger partial charge in [0.25, 0.3) is 5.91 Å². The Morgan fingerprint density at radius 2 is 1.56 bits per heavy atom. The number of rotatable bonds is 13. The van der Waals surface area contributed by atoms with Gasteiger partial charge in [0.15, 0.2) is 11.5 Å². The highest BCUT2D eigenvalue weighted by Gasteiger charge is 2.42. The molecule has 4 aromatic rings. The van der Waals surface area contributed by atoms with Gasteiger partial charge in [0, 0.05) is 56.7 Å². The van der Waals surface area contributed by atoms with Gasteiger partial charge >= 0.3 is 0 Å². The fraction of sp³-hybridized carbons (Fsp3) is 0.462. The number of fused-ring (bicyclic) bond motifs is 1. The highest BCUT2D eigenvalue weighted by Crippen LogP contribution is 2.41. The van der Waals surface area contributed by atoms with Crippen molar-refractivity contribution in [3.63, 3.8) is 0 Å². The molecule has 1 atom stereocenters. The first-order chi connectivity index (χ1) is 23.9. The van der Waals surface area contributed by atoms with Crippen LogP contribution in [0.5, 0.6) is 17.2 Å². The number of anilines is 1. The molecule has 0 radical (unpaired) electrons. The maximum absolute atomic E-state index is 13.9. The number of amides is 1. The Hall–Kier alpha value is -4.28. The number of likely N-dealkylation sites (tertiary alicyclic amines) is 1. The molecular formula is C39H50ClN5O5. The number of halogens is 1. The monoisotopic (exact) mass is 703 g/mol. The fourth-order valence-corrected chi connectivity index (χ4v) is 7.59. The largest absolute Gasteiger partial charge is 0.493 e.